The number of aliphatic hydroxyl groups is 1. The molecule has 2 aliphatic heterocycles. The topological polar surface area (TPSA) is 109 Å². The van der Waals surface area contributed by atoms with E-state index in [0.717, 1.165) is 17.3 Å². The maximum Gasteiger partial charge on any atom is 0.272 e. The van der Waals surface area contributed by atoms with E-state index in [2.05, 4.69) is 15.7 Å². The molecule has 0 saturated heterocycles. The molecule has 12 heteroatoms. The number of hydrogen-bond acceptors (Lipinski definition) is 7. The molecule has 3 heterocycles. The number of halogens is 3. The lowest BCUT2D eigenvalue weighted by Crippen LogP contribution is -2.44. The van der Waals surface area contributed by atoms with E-state index in [-0.39, 0.29) is 23.9 Å². The Morgan fingerprint density at radius 2 is 2.15 bits per heavy atom. The van der Waals surface area contributed by atoms with Crippen molar-refractivity contribution in [3.63, 3.8) is 0 Å². The van der Waals surface area contributed by atoms with Crippen molar-refractivity contribution >= 4 is 11.6 Å². The van der Waals surface area contributed by atoms with E-state index in [0.29, 0.717) is 44.0 Å². The molecule has 4 rings (SSSR count). The second-order valence-corrected chi connectivity index (χ2v) is 8.60. The number of nitrogens with one attached hydrogen (secondary N) is 2. The number of benzene rings is 1. The SMILES string of the molecule is CN1CC(CNCC(F)F)Cn2nc3c(c2C1=O)CN(C(O)Nc1ccc(F)c(C#N)c1)CC3. The Labute approximate surface area is 194 Å². The number of hydrogen-bond donors (Lipinski definition) is 3. The second-order valence-electron chi connectivity index (χ2n) is 8.60. The third-order valence-electron chi connectivity index (χ3n) is 6.10. The van der Waals surface area contributed by atoms with Gasteiger partial charge < -0.3 is 20.6 Å². The van der Waals surface area contributed by atoms with E-state index >= 15 is 0 Å². The first-order valence-electron chi connectivity index (χ1n) is 11.0. The Morgan fingerprint density at radius 1 is 1.35 bits per heavy atom. The van der Waals surface area contributed by atoms with Crippen molar-refractivity contribution in [2.75, 3.05) is 38.5 Å². The summed E-state index contributed by atoms with van der Waals surface area (Å²) >= 11 is 0. The molecule has 9 nitrogen and oxygen atoms in total. The molecular weight excluding hydrogens is 451 g/mol. The minimum Gasteiger partial charge on any atom is -0.361 e. The van der Waals surface area contributed by atoms with Crippen molar-refractivity contribution in [1.29, 1.82) is 5.26 Å². The number of anilines is 1. The summed E-state index contributed by atoms with van der Waals surface area (Å²) in [5.74, 6) is -0.920. The number of aromatic nitrogens is 2. The van der Waals surface area contributed by atoms with Gasteiger partial charge in [-0.2, -0.15) is 10.4 Å². The molecule has 3 N–H and O–H groups in total. The summed E-state index contributed by atoms with van der Waals surface area (Å²) in [4.78, 5) is 16.4. The van der Waals surface area contributed by atoms with Gasteiger partial charge in [0.2, 0.25) is 0 Å². The molecule has 1 aromatic carbocycles. The quantitative estimate of drug-likeness (QED) is 0.514. The predicted octanol–water partition coefficient (Wildman–Crippen LogP) is 1.20. The number of fused-ring (bicyclic) bond motifs is 3. The highest BCUT2D eigenvalue weighted by Gasteiger charge is 2.35. The van der Waals surface area contributed by atoms with Crippen LogP contribution in [0.3, 0.4) is 0 Å². The van der Waals surface area contributed by atoms with Crippen molar-refractivity contribution in [3.05, 3.63) is 46.5 Å². The summed E-state index contributed by atoms with van der Waals surface area (Å²) in [6, 6.07) is 5.67. The molecule has 0 bridgehead atoms. The van der Waals surface area contributed by atoms with Crippen LogP contribution >= 0.6 is 0 Å². The van der Waals surface area contributed by atoms with Crippen molar-refractivity contribution in [2.24, 2.45) is 5.92 Å². The van der Waals surface area contributed by atoms with E-state index in [1.165, 1.54) is 12.1 Å². The standard InChI is InChI=1S/C22H26F3N7O2/c1-30-10-13(8-27-9-19(24)25)11-32-20(21(30)33)16-12-31(5-4-18(16)29-32)22(34)28-15-2-3-17(23)14(6-15)7-26/h2-3,6,13,19,22,27-28,34H,4-5,8-12H2,1H3. The molecule has 0 aliphatic carbocycles. The molecule has 2 aromatic rings. The lowest BCUT2D eigenvalue weighted by molar-refractivity contribution is 0.0159. The fourth-order valence-electron chi connectivity index (χ4n) is 4.45. The number of nitrogens with zero attached hydrogens (tertiary/aromatic N) is 5. The van der Waals surface area contributed by atoms with Crippen LogP contribution in [0.1, 0.15) is 27.3 Å². The average molecular weight is 477 g/mol. The maximum atomic E-state index is 13.6. The molecule has 0 spiro atoms. The summed E-state index contributed by atoms with van der Waals surface area (Å²) in [5.41, 5.74) is 2.20. The van der Waals surface area contributed by atoms with Gasteiger partial charge in [-0.3, -0.25) is 14.4 Å². The molecule has 2 unspecified atom stereocenters. The fourth-order valence-corrected chi connectivity index (χ4v) is 4.45. The molecule has 2 atom stereocenters. The number of rotatable bonds is 7. The average Bonchev–Trinajstić information content (AvgIpc) is 3.10. The van der Waals surface area contributed by atoms with Gasteiger partial charge in [0.05, 0.1) is 17.8 Å². The molecule has 0 fully saturated rings. The summed E-state index contributed by atoms with van der Waals surface area (Å²) in [5, 5.41) is 30.0. The zero-order valence-electron chi connectivity index (χ0n) is 18.6. The van der Waals surface area contributed by atoms with Crippen molar-refractivity contribution in [3.8, 4) is 6.07 Å². The minimum atomic E-state index is -2.44. The van der Waals surface area contributed by atoms with Crippen LogP contribution < -0.4 is 10.6 Å². The van der Waals surface area contributed by atoms with E-state index in [9.17, 15) is 23.1 Å². The Hall–Kier alpha value is -3.14. The molecule has 2 aliphatic rings. The van der Waals surface area contributed by atoms with Gasteiger partial charge >= 0.3 is 0 Å². The fraction of sp³-hybridized carbons (Fsp3) is 0.500. The molecule has 0 radical (unpaired) electrons. The van der Waals surface area contributed by atoms with Crippen LogP contribution in [0, 0.1) is 23.1 Å². The predicted molar refractivity (Wildman–Crippen MR) is 116 cm³/mol. The highest BCUT2D eigenvalue weighted by molar-refractivity contribution is 5.94. The number of amides is 1. The van der Waals surface area contributed by atoms with Crippen molar-refractivity contribution in [2.45, 2.75) is 32.3 Å². The van der Waals surface area contributed by atoms with Crippen LogP contribution in [0.15, 0.2) is 18.2 Å². The Bertz CT molecular complexity index is 1100. The third-order valence-corrected chi connectivity index (χ3v) is 6.10. The van der Waals surface area contributed by atoms with Gasteiger partial charge in [0.1, 0.15) is 17.6 Å². The van der Waals surface area contributed by atoms with Gasteiger partial charge in [0.15, 0.2) is 6.35 Å². The maximum absolute atomic E-state index is 13.6. The van der Waals surface area contributed by atoms with E-state index in [1.54, 1.807) is 27.6 Å². The summed E-state index contributed by atoms with van der Waals surface area (Å²) in [7, 11) is 1.68. The van der Waals surface area contributed by atoms with Crippen LogP contribution in [0.4, 0.5) is 18.9 Å². The van der Waals surface area contributed by atoms with Crippen LogP contribution in [0.2, 0.25) is 0 Å². The first-order chi connectivity index (χ1) is 16.3. The monoisotopic (exact) mass is 477 g/mol. The summed E-state index contributed by atoms with van der Waals surface area (Å²) in [6.07, 6.45) is -3.07. The van der Waals surface area contributed by atoms with Gasteiger partial charge in [0, 0.05) is 63.4 Å². The Balaban J connectivity index is 1.50. The van der Waals surface area contributed by atoms with Crippen LogP contribution in [-0.4, -0.2) is 76.6 Å². The molecule has 0 saturated carbocycles. The number of aliphatic hydroxyl groups excluding tert-OH is 1. The molecule has 1 aromatic heterocycles. The highest BCUT2D eigenvalue weighted by atomic mass is 19.3. The van der Waals surface area contributed by atoms with Crippen LogP contribution in [0.25, 0.3) is 0 Å². The summed E-state index contributed by atoms with van der Waals surface area (Å²) < 4.78 is 40.2. The largest absolute Gasteiger partial charge is 0.361 e. The van der Waals surface area contributed by atoms with Gasteiger partial charge in [-0.05, 0) is 18.2 Å². The Morgan fingerprint density at radius 3 is 2.88 bits per heavy atom. The third kappa shape index (κ3) is 5.01. The number of carbonyl (C=O) groups is 1. The number of nitriles is 1. The van der Waals surface area contributed by atoms with E-state index in [1.807, 2.05) is 0 Å². The van der Waals surface area contributed by atoms with Gasteiger partial charge in [-0.25, -0.2) is 13.2 Å². The zero-order valence-corrected chi connectivity index (χ0v) is 18.6. The van der Waals surface area contributed by atoms with Gasteiger partial charge in [0.25, 0.3) is 12.3 Å². The number of alkyl halides is 2. The first-order valence-corrected chi connectivity index (χ1v) is 11.0. The molecule has 34 heavy (non-hydrogen) atoms. The summed E-state index contributed by atoms with van der Waals surface area (Å²) in [6.45, 7) is 1.49. The highest BCUT2D eigenvalue weighted by Crippen LogP contribution is 2.27. The lowest BCUT2D eigenvalue weighted by atomic mass is 10.0. The smallest absolute Gasteiger partial charge is 0.272 e. The van der Waals surface area contributed by atoms with E-state index in [4.69, 9.17) is 5.26 Å². The van der Waals surface area contributed by atoms with Gasteiger partial charge in [-0.15, -0.1) is 0 Å². The number of carbonyl (C=O) groups excluding carboxylic acids is 1. The Kier molecular flexibility index (Phi) is 7.06. The normalized spacial score (nSPS) is 19.4. The zero-order chi connectivity index (χ0) is 24.4. The minimum absolute atomic E-state index is 0.0773. The molecule has 1 amide bonds. The first kappa shape index (κ1) is 24.0. The van der Waals surface area contributed by atoms with Crippen LogP contribution in [-0.2, 0) is 19.5 Å². The molecule has 182 valence electrons. The lowest BCUT2D eigenvalue weighted by Gasteiger charge is -2.32. The van der Waals surface area contributed by atoms with Crippen molar-refractivity contribution in [1.82, 2.24) is 24.9 Å². The van der Waals surface area contributed by atoms with Gasteiger partial charge in [-0.1, -0.05) is 0 Å². The van der Waals surface area contributed by atoms with E-state index < -0.39 is 25.1 Å². The molecular formula is C22H26F3N7O2. The van der Waals surface area contributed by atoms with Crippen LogP contribution in [0.5, 0.6) is 0 Å². The second kappa shape index (κ2) is 10.0. The van der Waals surface area contributed by atoms with Crippen molar-refractivity contribution < 1.29 is 23.1 Å².